The second kappa shape index (κ2) is 3.66. The molecule has 2 N–H and O–H groups in total. The third kappa shape index (κ3) is 1.37. The number of pyridine rings is 2. The Morgan fingerprint density at radius 3 is 2.83 bits per heavy atom. The third-order valence-corrected chi connectivity index (χ3v) is 2.82. The Labute approximate surface area is 101 Å². The molecule has 88 valence electrons. The maximum atomic E-state index is 12.2. The Hall–Kier alpha value is -2.69. The summed E-state index contributed by atoms with van der Waals surface area (Å²) >= 11 is 0. The minimum atomic E-state index is -1.07. The molecule has 0 unspecified atom stereocenters. The quantitative estimate of drug-likeness (QED) is 0.635. The number of fused-ring (bicyclic) bond motifs is 2. The number of para-hydroxylation sites is 1. The molecule has 3 aromatic rings. The SMILES string of the molecule is O=C(O)c1cccc2c(=O)c3ncccc3[nH]c12. The van der Waals surface area contributed by atoms with Crippen molar-refractivity contribution in [1.29, 1.82) is 0 Å². The standard InChI is InChI=1S/C13H8N2O3/c16-12-7-3-1-4-8(13(17)18)10(7)15-9-5-2-6-14-11(9)12/h1-6H,(H,15,16)(H,17,18). The fourth-order valence-electron chi connectivity index (χ4n) is 2.00. The highest BCUT2D eigenvalue weighted by atomic mass is 16.4. The summed E-state index contributed by atoms with van der Waals surface area (Å²) in [6.45, 7) is 0. The van der Waals surface area contributed by atoms with Crippen LogP contribution in [0.15, 0.2) is 41.3 Å². The Morgan fingerprint density at radius 2 is 2.06 bits per heavy atom. The molecule has 0 aliphatic heterocycles. The first-order valence-electron chi connectivity index (χ1n) is 5.31. The minimum Gasteiger partial charge on any atom is -0.478 e. The number of hydrogen-bond donors (Lipinski definition) is 2. The molecule has 5 heteroatoms. The van der Waals surface area contributed by atoms with Gasteiger partial charge in [0.1, 0.15) is 5.52 Å². The summed E-state index contributed by atoms with van der Waals surface area (Å²) in [5.41, 5.74) is 0.990. The molecule has 2 heterocycles. The van der Waals surface area contributed by atoms with Crippen molar-refractivity contribution in [2.75, 3.05) is 0 Å². The Balaban J connectivity index is 2.60. The number of aromatic amines is 1. The van der Waals surface area contributed by atoms with Crippen LogP contribution in [-0.4, -0.2) is 21.0 Å². The predicted octanol–water partition coefficient (Wildman–Crippen LogP) is 1.77. The van der Waals surface area contributed by atoms with Crippen molar-refractivity contribution in [3.05, 3.63) is 52.3 Å². The van der Waals surface area contributed by atoms with Gasteiger partial charge in [0.15, 0.2) is 0 Å². The average Bonchev–Trinajstić information content (AvgIpc) is 2.38. The number of aromatic carboxylic acids is 1. The lowest BCUT2D eigenvalue weighted by molar-refractivity contribution is 0.0699. The molecule has 2 aromatic heterocycles. The molecule has 0 fully saturated rings. The number of nitrogens with one attached hydrogen (secondary N) is 1. The predicted molar refractivity (Wildman–Crippen MR) is 66.8 cm³/mol. The first-order chi connectivity index (χ1) is 8.68. The van der Waals surface area contributed by atoms with E-state index in [1.54, 1.807) is 24.3 Å². The molecule has 0 bridgehead atoms. The summed E-state index contributed by atoms with van der Waals surface area (Å²) in [7, 11) is 0. The van der Waals surface area contributed by atoms with Gasteiger partial charge in [-0.3, -0.25) is 9.78 Å². The fourth-order valence-corrected chi connectivity index (χ4v) is 2.00. The van der Waals surface area contributed by atoms with Crippen molar-refractivity contribution in [2.45, 2.75) is 0 Å². The van der Waals surface area contributed by atoms with Gasteiger partial charge in [0.05, 0.1) is 16.6 Å². The van der Waals surface area contributed by atoms with Gasteiger partial charge in [-0.15, -0.1) is 0 Å². The molecular formula is C13H8N2O3. The van der Waals surface area contributed by atoms with Gasteiger partial charge in [-0.1, -0.05) is 6.07 Å². The van der Waals surface area contributed by atoms with Crippen LogP contribution in [0.3, 0.4) is 0 Å². The lowest BCUT2D eigenvalue weighted by Crippen LogP contribution is -2.09. The molecule has 0 saturated carbocycles. The third-order valence-electron chi connectivity index (χ3n) is 2.82. The average molecular weight is 240 g/mol. The van der Waals surface area contributed by atoms with Crippen LogP contribution in [-0.2, 0) is 0 Å². The smallest absolute Gasteiger partial charge is 0.337 e. The van der Waals surface area contributed by atoms with Crippen LogP contribution < -0.4 is 5.43 Å². The van der Waals surface area contributed by atoms with Gasteiger partial charge in [-0.25, -0.2) is 4.79 Å². The van der Waals surface area contributed by atoms with Crippen molar-refractivity contribution in [1.82, 2.24) is 9.97 Å². The number of H-pyrrole nitrogens is 1. The Kier molecular flexibility index (Phi) is 2.13. The zero-order chi connectivity index (χ0) is 12.7. The van der Waals surface area contributed by atoms with Crippen LogP contribution in [0.4, 0.5) is 0 Å². The number of hydrogen-bond acceptors (Lipinski definition) is 3. The summed E-state index contributed by atoms with van der Waals surface area (Å²) in [6.07, 6.45) is 1.53. The van der Waals surface area contributed by atoms with Crippen molar-refractivity contribution in [2.24, 2.45) is 0 Å². The van der Waals surface area contributed by atoms with E-state index in [1.807, 2.05) is 0 Å². The molecule has 0 saturated heterocycles. The van der Waals surface area contributed by atoms with E-state index in [9.17, 15) is 9.59 Å². The number of aromatic nitrogens is 2. The molecule has 0 aliphatic rings. The number of carboxylic acids is 1. The molecule has 0 amide bonds. The molecule has 0 aliphatic carbocycles. The first kappa shape index (κ1) is 10.5. The monoisotopic (exact) mass is 240 g/mol. The number of carboxylic acid groups (broad SMARTS) is 1. The first-order valence-corrected chi connectivity index (χ1v) is 5.31. The van der Waals surface area contributed by atoms with Crippen LogP contribution in [0.2, 0.25) is 0 Å². The fraction of sp³-hybridized carbons (Fsp3) is 0. The minimum absolute atomic E-state index is 0.0790. The largest absolute Gasteiger partial charge is 0.478 e. The van der Waals surface area contributed by atoms with E-state index in [-0.39, 0.29) is 11.0 Å². The van der Waals surface area contributed by atoms with Gasteiger partial charge in [-0.05, 0) is 24.3 Å². The highest BCUT2D eigenvalue weighted by Crippen LogP contribution is 2.16. The van der Waals surface area contributed by atoms with Gasteiger partial charge in [-0.2, -0.15) is 0 Å². The highest BCUT2D eigenvalue weighted by molar-refractivity contribution is 6.04. The van der Waals surface area contributed by atoms with Gasteiger partial charge in [0.25, 0.3) is 0 Å². The summed E-state index contributed by atoms with van der Waals surface area (Å²) in [5, 5.41) is 9.44. The summed E-state index contributed by atoms with van der Waals surface area (Å²) in [6, 6.07) is 7.99. The van der Waals surface area contributed by atoms with E-state index in [2.05, 4.69) is 9.97 Å². The van der Waals surface area contributed by atoms with E-state index in [4.69, 9.17) is 5.11 Å². The lowest BCUT2D eigenvalue weighted by atomic mass is 10.1. The number of benzene rings is 1. The van der Waals surface area contributed by atoms with Crippen LogP contribution in [0, 0.1) is 0 Å². The molecule has 0 radical (unpaired) electrons. The molecule has 1 aromatic carbocycles. The molecule has 3 rings (SSSR count). The van der Waals surface area contributed by atoms with Crippen LogP contribution in [0.1, 0.15) is 10.4 Å². The normalized spacial score (nSPS) is 10.9. The van der Waals surface area contributed by atoms with Crippen molar-refractivity contribution < 1.29 is 9.90 Å². The zero-order valence-corrected chi connectivity index (χ0v) is 9.18. The zero-order valence-electron chi connectivity index (χ0n) is 9.18. The van der Waals surface area contributed by atoms with E-state index in [1.165, 1.54) is 12.3 Å². The lowest BCUT2D eigenvalue weighted by Gasteiger charge is -2.04. The van der Waals surface area contributed by atoms with Gasteiger partial charge >= 0.3 is 5.97 Å². The topological polar surface area (TPSA) is 83.0 Å². The van der Waals surface area contributed by atoms with Gasteiger partial charge < -0.3 is 10.1 Å². The second-order valence-electron chi connectivity index (χ2n) is 3.89. The molecule has 0 atom stereocenters. The summed E-state index contributed by atoms with van der Waals surface area (Å²) < 4.78 is 0. The van der Waals surface area contributed by atoms with E-state index in [0.717, 1.165) is 0 Å². The molecular weight excluding hydrogens is 232 g/mol. The van der Waals surface area contributed by atoms with Crippen LogP contribution >= 0.6 is 0 Å². The maximum absolute atomic E-state index is 12.2. The van der Waals surface area contributed by atoms with Crippen molar-refractivity contribution >= 4 is 27.9 Å². The van der Waals surface area contributed by atoms with E-state index in [0.29, 0.717) is 21.9 Å². The number of carbonyl (C=O) groups is 1. The van der Waals surface area contributed by atoms with Crippen molar-refractivity contribution in [3.63, 3.8) is 0 Å². The number of rotatable bonds is 1. The van der Waals surface area contributed by atoms with Crippen molar-refractivity contribution in [3.8, 4) is 0 Å². The summed E-state index contributed by atoms with van der Waals surface area (Å²) in [5.74, 6) is -1.07. The Bertz CT molecular complexity index is 836. The second-order valence-corrected chi connectivity index (χ2v) is 3.89. The van der Waals surface area contributed by atoms with Gasteiger partial charge in [0, 0.05) is 11.6 Å². The van der Waals surface area contributed by atoms with E-state index < -0.39 is 5.97 Å². The van der Waals surface area contributed by atoms with Crippen LogP contribution in [0.5, 0.6) is 0 Å². The number of nitrogens with zero attached hydrogens (tertiary/aromatic N) is 1. The van der Waals surface area contributed by atoms with Crippen LogP contribution in [0.25, 0.3) is 21.9 Å². The van der Waals surface area contributed by atoms with Gasteiger partial charge in [0.2, 0.25) is 5.43 Å². The maximum Gasteiger partial charge on any atom is 0.337 e. The molecule has 0 spiro atoms. The molecule has 18 heavy (non-hydrogen) atoms. The highest BCUT2D eigenvalue weighted by Gasteiger charge is 2.12. The Morgan fingerprint density at radius 1 is 1.22 bits per heavy atom. The molecule has 5 nitrogen and oxygen atoms in total. The van der Waals surface area contributed by atoms with E-state index >= 15 is 0 Å². The summed E-state index contributed by atoms with van der Waals surface area (Å²) in [4.78, 5) is 30.3.